The number of hydrogen-bond acceptors (Lipinski definition) is 5. The van der Waals surface area contributed by atoms with E-state index in [2.05, 4.69) is 4.74 Å². The van der Waals surface area contributed by atoms with Crippen LogP contribution in [0, 0.1) is 5.82 Å². The first kappa shape index (κ1) is 14.3. The summed E-state index contributed by atoms with van der Waals surface area (Å²) in [6, 6.07) is 3.10. The summed E-state index contributed by atoms with van der Waals surface area (Å²) >= 11 is 0. The monoisotopic (exact) mass is 256 g/mol. The van der Waals surface area contributed by atoms with Crippen LogP contribution >= 0.6 is 0 Å². The lowest BCUT2D eigenvalue weighted by Crippen LogP contribution is -2.30. The standard InChI is InChI=1S/C12H13FO5/c1-6(14)9-5-7(13)3-4-8(9)10(15)11(16)12(17)18-2/h3-5,10-11,15-16H,1-2H3. The van der Waals surface area contributed by atoms with Crippen molar-refractivity contribution in [3.05, 3.63) is 35.1 Å². The van der Waals surface area contributed by atoms with Gasteiger partial charge in [-0.25, -0.2) is 9.18 Å². The van der Waals surface area contributed by atoms with E-state index in [1.165, 1.54) is 6.92 Å². The fourth-order valence-electron chi connectivity index (χ4n) is 1.51. The van der Waals surface area contributed by atoms with E-state index in [9.17, 15) is 24.2 Å². The van der Waals surface area contributed by atoms with Crippen molar-refractivity contribution in [3.8, 4) is 0 Å². The largest absolute Gasteiger partial charge is 0.467 e. The van der Waals surface area contributed by atoms with Gasteiger partial charge in [0.15, 0.2) is 11.9 Å². The molecule has 0 aliphatic rings. The number of methoxy groups -OCH3 is 1. The molecule has 2 unspecified atom stereocenters. The first-order chi connectivity index (χ1) is 8.38. The van der Waals surface area contributed by atoms with Gasteiger partial charge in [0.05, 0.1) is 7.11 Å². The molecule has 1 rings (SSSR count). The van der Waals surface area contributed by atoms with Crippen LogP contribution in [0.4, 0.5) is 4.39 Å². The number of carbonyl (C=O) groups is 2. The second-order valence-electron chi connectivity index (χ2n) is 3.70. The highest BCUT2D eigenvalue weighted by atomic mass is 19.1. The zero-order valence-corrected chi connectivity index (χ0v) is 9.88. The zero-order chi connectivity index (χ0) is 13.9. The minimum atomic E-state index is -1.83. The SMILES string of the molecule is COC(=O)C(O)C(O)c1ccc(F)cc1C(C)=O. The Labute approximate surface area is 103 Å². The molecule has 5 nitrogen and oxygen atoms in total. The predicted octanol–water partition coefficient (Wildman–Crippen LogP) is 0.596. The molecule has 1 aromatic carbocycles. The van der Waals surface area contributed by atoms with Gasteiger partial charge in [0, 0.05) is 5.56 Å². The third-order valence-corrected chi connectivity index (χ3v) is 2.46. The molecule has 98 valence electrons. The Morgan fingerprint density at radius 3 is 2.44 bits per heavy atom. The van der Waals surface area contributed by atoms with Gasteiger partial charge in [-0.2, -0.15) is 0 Å². The fraction of sp³-hybridized carbons (Fsp3) is 0.333. The van der Waals surface area contributed by atoms with E-state index in [0.29, 0.717) is 0 Å². The Kier molecular flexibility index (Phi) is 4.52. The smallest absolute Gasteiger partial charge is 0.337 e. The van der Waals surface area contributed by atoms with E-state index in [-0.39, 0.29) is 11.1 Å². The molecule has 0 aliphatic carbocycles. The number of aliphatic hydroxyl groups is 2. The summed E-state index contributed by atoms with van der Waals surface area (Å²) in [7, 11) is 1.05. The van der Waals surface area contributed by atoms with Gasteiger partial charge >= 0.3 is 5.97 Å². The van der Waals surface area contributed by atoms with Crippen molar-refractivity contribution < 1.29 is 28.9 Å². The number of aliphatic hydroxyl groups excluding tert-OH is 2. The first-order valence-corrected chi connectivity index (χ1v) is 5.12. The highest BCUT2D eigenvalue weighted by Gasteiger charge is 2.29. The highest BCUT2D eigenvalue weighted by molar-refractivity contribution is 5.96. The Balaban J connectivity index is 3.16. The molecule has 1 aromatic rings. The molecule has 0 saturated heterocycles. The number of esters is 1. The van der Waals surface area contributed by atoms with Gasteiger partial charge in [-0.1, -0.05) is 6.07 Å². The van der Waals surface area contributed by atoms with E-state index in [1.54, 1.807) is 0 Å². The van der Waals surface area contributed by atoms with Crippen LogP contribution in [-0.2, 0) is 9.53 Å². The third kappa shape index (κ3) is 2.91. The van der Waals surface area contributed by atoms with Crippen molar-refractivity contribution in [1.29, 1.82) is 0 Å². The summed E-state index contributed by atoms with van der Waals surface area (Å²) in [6.45, 7) is 1.19. The number of hydrogen-bond donors (Lipinski definition) is 2. The van der Waals surface area contributed by atoms with Gasteiger partial charge < -0.3 is 14.9 Å². The average Bonchev–Trinajstić information content (AvgIpc) is 2.35. The van der Waals surface area contributed by atoms with Crippen LogP contribution in [0.15, 0.2) is 18.2 Å². The number of ketones is 1. The van der Waals surface area contributed by atoms with Crippen LogP contribution in [0.2, 0.25) is 0 Å². The summed E-state index contributed by atoms with van der Waals surface area (Å²) in [5.41, 5.74) is -0.118. The highest BCUT2D eigenvalue weighted by Crippen LogP contribution is 2.23. The number of ether oxygens (including phenoxy) is 1. The van der Waals surface area contributed by atoms with Gasteiger partial charge in [-0.15, -0.1) is 0 Å². The Morgan fingerprint density at radius 2 is 1.94 bits per heavy atom. The van der Waals surface area contributed by atoms with E-state index in [4.69, 9.17) is 0 Å². The van der Waals surface area contributed by atoms with Gasteiger partial charge in [0.2, 0.25) is 0 Å². The molecule has 0 fully saturated rings. The van der Waals surface area contributed by atoms with Crippen molar-refractivity contribution in [2.75, 3.05) is 7.11 Å². The van der Waals surface area contributed by atoms with Gasteiger partial charge in [-0.05, 0) is 24.6 Å². The van der Waals surface area contributed by atoms with Crippen LogP contribution in [0.25, 0.3) is 0 Å². The minimum absolute atomic E-state index is 0.0261. The van der Waals surface area contributed by atoms with Crippen molar-refractivity contribution in [2.45, 2.75) is 19.1 Å². The van der Waals surface area contributed by atoms with Crippen LogP contribution in [0.5, 0.6) is 0 Å². The van der Waals surface area contributed by atoms with E-state index in [1.807, 2.05) is 0 Å². The van der Waals surface area contributed by atoms with E-state index < -0.39 is 29.8 Å². The lowest BCUT2D eigenvalue weighted by molar-refractivity contribution is -0.156. The maximum absolute atomic E-state index is 13.0. The second-order valence-corrected chi connectivity index (χ2v) is 3.70. The van der Waals surface area contributed by atoms with Crippen LogP contribution in [0.1, 0.15) is 28.9 Å². The topological polar surface area (TPSA) is 83.8 Å². The van der Waals surface area contributed by atoms with Crippen molar-refractivity contribution in [2.24, 2.45) is 0 Å². The molecule has 6 heteroatoms. The predicted molar refractivity (Wildman–Crippen MR) is 59.4 cm³/mol. The van der Waals surface area contributed by atoms with Crippen molar-refractivity contribution in [3.63, 3.8) is 0 Å². The molecule has 2 N–H and O–H groups in total. The molecule has 0 spiro atoms. The third-order valence-electron chi connectivity index (χ3n) is 2.46. The minimum Gasteiger partial charge on any atom is -0.467 e. The zero-order valence-electron chi connectivity index (χ0n) is 9.88. The maximum atomic E-state index is 13.0. The molecule has 18 heavy (non-hydrogen) atoms. The Bertz CT molecular complexity index is 472. The molecule has 0 saturated carbocycles. The van der Waals surface area contributed by atoms with Crippen molar-refractivity contribution in [1.82, 2.24) is 0 Å². The van der Waals surface area contributed by atoms with Gasteiger partial charge in [0.1, 0.15) is 11.9 Å². The molecule has 0 heterocycles. The molecule has 0 amide bonds. The first-order valence-electron chi connectivity index (χ1n) is 5.12. The fourth-order valence-corrected chi connectivity index (χ4v) is 1.51. The molecular formula is C12H13FO5. The average molecular weight is 256 g/mol. The molecule has 0 aliphatic heterocycles. The summed E-state index contributed by atoms with van der Waals surface area (Å²) in [5.74, 6) is -2.18. The number of benzene rings is 1. The summed E-state index contributed by atoms with van der Waals surface area (Å²) in [6.07, 6.45) is -3.49. The van der Waals surface area contributed by atoms with Gasteiger partial charge in [-0.3, -0.25) is 4.79 Å². The van der Waals surface area contributed by atoms with E-state index >= 15 is 0 Å². The maximum Gasteiger partial charge on any atom is 0.337 e. The Morgan fingerprint density at radius 1 is 1.33 bits per heavy atom. The molecule has 2 atom stereocenters. The Hall–Kier alpha value is -1.79. The second kappa shape index (κ2) is 5.70. The molecular weight excluding hydrogens is 243 g/mol. The van der Waals surface area contributed by atoms with Gasteiger partial charge in [0.25, 0.3) is 0 Å². The lowest BCUT2D eigenvalue weighted by Gasteiger charge is -2.18. The number of Topliss-reactive ketones (excluding diaryl/α,β-unsaturated/α-hetero) is 1. The number of rotatable bonds is 4. The quantitative estimate of drug-likeness (QED) is 0.608. The van der Waals surface area contributed by atoms with Crippen LogP contribution < -0.4 is 0 Å². The van der Waals surface area contributed by atoms with Crippen LogP contribution in [0.3, 0.4) is 0 Å². The van der Waals surface area contributed by atoms with Crippen LogP contribution in [-0.4, -0.2) is 35.2 Å². The number of carbonyl (C=O) groups excluding carboxylic acids is 2. The summed E-state index contributed by atoms with van der Waals surface area (Å²) < 4.78 is 17.3. The molecule has 0 bridgehead atoms. The normalized spacial score (nSPS) is 13.8. The number of halogens is 1. The van der Waals surface area contributed by atoms with Crippen molar-refractivity contribution >= 4 is 11.8 Å². The lowest BCUT2D eigenvalue weighted by atomic mass is 9.96. The molecule has 0 aromatic heterocycles. The van der Waals surface area contributed by atoms with E-state index in [0.717, 1.165) is 25.3 Å². The molecule has 0 radical (unpaired) electrons. The summed E-state index contributed by atoms with van der Waals surface area (Å²) in [4.78, 5) is 22.4. The summed E-state index contributed by atoms with van der Waals surface area (Å²) in [5, 5.41) is 19.3.